The van der Waals surface area contributed by atoms with Crippen molar-refractivity contribution in [1.29, 1.82) is 0 Å². The average Bonchev–Trinajstić information content (AvgIpc) is 3.25. The Hall–Kier alpha value is -2.83. The maximum Gasteiger partial charge on any atom is 0.306 e. The number of carboxylic acid groups (broad SMARTS) is 1. The fourth-order valence-corrected chi connectivity index (χ4v) is 5.50. The number of benzene rings is 2. The Labute approximate surface area is 209 Å². The number of halogens is 2. The molecule has 1 amide bonds. The van der Waals surface area contributed by atoms with Crippen molar-refractivity contribution in [2.45, 2.75) is 39.2 Å². The summed E-state index contributed by atoms with van der Waals surface area (Å²) in [4.78, 5) is 26.8. The van der Waals surface area contributed by atoms with Gasteiger partial charge >= 0.3 is 5.97 Å². The van der Waals surface area contributed by atoms with E-state index >= 15 is 0 Å². The Bertz CT molecular complexity index is 1230. The molecule has 2 aromatic carbocycles. The molecule has 0 saturated heterocycles. The van der Waals surface area contributed by atoms with Crippen LogP contribution in [-0.4, -0.2) is 38.2 Å². The van der Waals surface area contributed by atoms with Gasteiger partial charge in [-0.1, -0.05) is 55.2 Å². The van der Waals surface area contributed by atoms with Crippen LogP contribution >= 0.6 is 23.2 Å². The summed E-state index contributed by atoms with van der Waals surface area (Å²) in [5, 5.41) is 14.3. The number of amides is 1. The highest BCUT2D eigenvalue weighted by molar-refractivity contribution is 6.40. The lowest BCUT2D eigenvalue weighted by atomic mass is 9.80. The van der Waals surface area contributed by atoms with Crippen LogP contribution in [0, 0.1) is 5.92 Å². The quantitative estimate of drug-likeness (QED) is 0.464. The second-order valence-electron chi connectivity index (χ2n) is 8.82. The van der Waals surface area contributed by atoms with Crippen LogP contribution in [0.3, 0.4) is 0 Å². The number of carbonyl (C=O) groups excluding carboxylic acids is 1. The summed E-state index contributed by atoms with van der Waals surface area (Å²) in [7, 11) is 1.83. The van der Waals surface area contributed by atoms with Crippen molar-refractivity contribution >= 4 is 35.1 Å². The molecule has 1 aliphatic rings. The minimum absolute atomic E-state index is 0.0707. The molecule has 1 aromatic heterocycles. The van der Waals surface area contributed by atoms with E-state index in [1.54, 1.807) is 34.8 Å². The molecule has 3 aromatic rings. The molecule has 1 aliphatic heterocycles. The van der Waals surface area contributed by atoms with Crippen LogP contribution in [0.5, 0.6) is 0 Å². The SMILES string of the molecule is CC[C@@H](c1cccc2c1CCN(C(=O)c1c(Cl)cc(-c3cnn(C)c3)cc1Cl)C2)[C@H](C)C(=O)O. The summed E-state index contributed by atoms with van der Waals surface area (Å²) >= 11 is 13.1. The number of carboxylic acids is 1. The molecule has 6 nitrogen and oxygen atoms in total. The molecule has 8 heteroatoms. The molecule has 1 N–H and O–H groups in total. The number of nitrogens with zero attached hydrogens (tertiary/aromatic N) is 3. The highest BCUT2D eigenvalue weighted by Crippen LogP contribution is 2.36. The van der Waals surface area contributed by atoms with Crippen molar-refractivity contribution in [1.82, 2.24) is 14.7 Å². The van der Waals surface area contributed by atoms with E-state index < -0.39 is 11.9 Å². The number of carbonyl (C=O) groups is 2. The lowest BCUT2D eigenvalue weighted by Gasteiger charge is -2.33. The first-order valence-corrected chi connectivity index (χ1v) is 12.1. The Balaban J connectivity index is 1.61. The van der Waals surface area contributed by atoms with Gasteiger partial charge in [-0.15, -0.1) is 0 Å². The molecule has 0 aliphatic carbocycles. The Morgan fingerprint density at radius 1 is 1.18 bits per heavy atom. The first kappa shape index (κ1) is 24.3. The second-order valence-corrected chi connectivity index (χ2v) is 9.64. The summed E-state index contributed by atoms with van der Waals surface area (Å²) in [5.41, 5.74) is 5.21. The molecule has 4 rings (SSSR count). The van der Waals surface area contributed by atoms with Gasteiger partial charge in [0.05, 0.1) is 27.7 Å². The zero-order valence-corrected chi connectivity index (χ0v) is 20.9. The van der Waals surface area contributed by atoms with E-state index in [9.17, 15) is 14.7 Å². The van der Waals surface area contributed by atoms with Gasteiger partial charge in [-0.05, 0) is 53.1 Å². The molecule has 2 atom stereocenters. The maximum absolute atomic E-state index is 13.4. The van der Waals surface area contributed by atoms with Crippen LogP contribution in [0.25, 0.3) is 11.1 Å². The third-order valence-corrected chi connectivity index (χ3v) is 7.31. The van der Waals surface area contributed by atoms with Gasteiger partial charge in [0.15, 0.2) is 0 Å². The van der Waals surface area contributed by atoms with E-state index in [1.165, 1.54) is 0 Å². The lowest BCUT2D eigenvalue weighted by Crippen LogP contribution is -2.37. The lowest BCUT2D eigenvalue weighted by molar-refractivity contribution is -0.141. The van der Waals surface area contributed by atoms with Crippen LogP contribution in [0.4, 0.5) is 0 Å². The maximum atomic E-state index is 13.4. The van der Waals surface area contributed by atoms with E-state index in [0.717, 1.165) is 34.2 Å². The Morgan fingerprint density at radius 2 is 1.88 bits per heavy atom. The first-order chi connectivity index (χ1) is 16.2. The van der Waals surface area contributed by atoms with Gasteiger partial charge in [0.25, 0.3) is 5.91 Å². The largest absolute Gasteiger partial charge is 0.481 e. The third kappa shape index (κ3) is 4.57. The van der Waals surface area contributed by atoms with Crippen LogP contribution in [0.1, 0.15) is 53.2 Å². The van der Waals surface area contributed by atoms with Crippen molar-refractivity contribution in [2.75, 3.05) is 6.54 Å². The molecular weight excluding hydrogens is 473 g/mol. The molecule has 0 saturated carbocycles. The minimum Gasteiger partial charge on any atom is -0.481 e. The fourth-order valence-electron chi connectivity index (χ4n) is 4.85. The van der Waals surface area contributed by atoms with Crippen LogP contribution < -0.4 is 0 Å². The zero-order chi connectivity index (χ0) is 24.6. The number of fused-ring (bicyclic) bond motifs is 1. The Morgan fingerprint density at radius 3 is 2.47 bits per heavy atom. The van der Waals surface area contributed by atoms with Gasteiger partial charge in [-0.3, -0.25) is 14.3 Å². The van der Waals surface area contributed by atoms with Crippen LogP contribution in [-0.2, 0) is 24.8 Å². The third-order valence-electron chi connectivity index (χ3n) is 6.72. The summed E-state index contributed by atoms with van der Waals surface area (Å²) < 4.78 is 1.69. The molecule has 0 fully saturated rings. The van der Waals surface area contributed by atoms with Gasteiger partial charge in [0.2, 0.25) is 0 Å². The van der Waals surface area contributed by atoms with E-state index in [1.807, 2.05) is 38.4 Å². The minimum atomic E-state index is -0.795. The number of rotatable bonds is 6. The zero-order valence-electron chi connectivity index (χ0n) is 19.4. The van der Waals surface area contributed by atoms with Gasteiger partial charge in [-0.2, -0.15) is 5.10 Å². The number of hydrogen-bond acceptors (Lipinski definition) is 3. The predicted octanol–water partition coefficient (Wildman–Crippen LogP) is 5.81. The van der Waals surface area contributed by atoms with Crippen molar-refractivity contribution in [3.8, 4) is 11.1 Å². The molecular formula is C26H27Cl2N3O3. The predicted molar refractivity (Wildman–Crippen MR) is 133 cm³/mol. The molecule has 0 radical (unpaired) electrons. The summed E-state index contributed by atoms with van der Waals surface area (Å²) in [5.74, 6) is -1.56. The average molecular weight is 500 g/mol. The molecule has 34 heavy (non-hydrogen) atoms. The number of aryl methyl sites for hydroxylation is 1. The van der Waals surface area contributed by atoms with Gasteiger partial charge in [0.1, 0.15) is 0 Å². The van der Waals surface area contributed by atoms with E-state index in [-0.39, 0.29) is 11.8 Å². The smallest absolute Gasteiger partial charge is 0.306 e. The summed E-state index contributed by atoms with van der Waals surface area (Å²) in [6, 6.07) is 9.46. The molecule has 0 spiro atoms. The number of aromatic nitrogens is 2. The molecule has 0 unspecified atom stereocenters. The standard InChI is InChI=1S/C26H27Cl2N3O3/c1-4-19(15(2)26(33)34)21-7-5-6-16-14-31(9-8-20(16)21)25(32)24-22(27)10-17(11-23(24)28)18-12-29-30(3)13-18/h5-7,10-13,15,19H,4,8-9,14H2,1-3H3,(H,33,34)/t15-,19+/m0/s1. The van der Waals surface area contributed by atoms with Gasteiger partial charge in [0, 0.05) is 31.9 Å². The van der Waals surface area contributed by atoms with Gasteiger partial charge < -0.3 is 10.0 Å². The molecule has 178 valence electrons. The van der Waals surface area contributed by atoms with Crippen LogP contribution in [0.15, 0.2) is 42.7 Å². The van der Waals surface area contributed by atoms with Crippen molar-refractivity contribution in [2.24, 2.45) is 13.0 Å². The molecule has 0 bridgehead atoms. The summed E-state index contributed by atoms with van der Waals surface area (Å²) in [6.45, 7) is 4.71. The molecule has 2 heterocycles. The number of aliphatic carboxylic acids is 1. The van der Waals surface area contributed by atoms with Crippen LogP contribution in [0.2, 0.25) is 10.0 Å². The fraction of sp³-hybridized carbons (Fsp3) is 0.346. The van der Waals surface area contributed by atoms with Crippen molar-refractivity contribution in [3.63, 3.8) is 0 Å². The first-order valence-electron chi connectivity index (χ1n) is 11.3. The van der Waals surface area contributed by atoms with E-state index in [2.05, 4.69) is 5.10 Å². The monoisotopic (exact) mass is 499 g/mol. The summed E-state index contributed by atoms with van der Waals surface area (Å²) in [6.07, 6.45) is 4.97. The van der Waals surface area contributed by atoms with Gasteiger partial charge in [-0.25, -0.2) is 0 Å². The normalized spacial score (nSPS) is 15.0. The van der Waals surface area contributed by atoms with E-state index in [0.29, 0.717) is 35.1 Å². The van der Waals surface area contributed by atoms with E-state index in [4.69, 9.17) is 23.2 Å². The van der Waals surface area contributed by atoms with Crippen molar-refractivity contribution < 1.29 is 14.7 Å². The Kier molecular flexibility index (Phi) is 7.01. The number of hydrogen-bond donors (Lipinski definition) is 1. The topological polar surface area (TPSA) is 75.4 Å². The second kappa shape index (κ2) is 9.80. The highest BCUT2D eigenvalue weighted by Gasteiger charge is 2.30. The van der Waals surface area contributed by atoms with Crippen molar-refractivity contribution in [3.05, 3.63) is 75.0 Å². The highest BCUT2D eigenvalue weighted by atomic mass is 35.5.